The molecule has 1 N–H and O–H groups in total. The molecule has 0 aliphatic heterocycles. The van der Waals surface area contributed by atoms with Gasteiger partial charge in [-0.05, 0) is 31.2 Å². The molecule has 0 unspecified atom stereocenters. The number of alkyl halides is 3. The summed E-state index contributed by atoms with van der Waals surface area (Å²) < 4.78 is 43.1. The second-order valence-corrected chi connectivity index (χ2v) is 4.04. The van der Waals surface area contributed by atoms with Crippen LogP contribution >= 0.6 is 0 Å². The van der Waals surface area contributed by atoms with Crippen molar-refractivity contribution in [2.24, 2.45) is 0 Å². The number of carboxylic acid groups (broad SMARTS) is 1. The second-order valence-electron chi connectivity index (χ2n) is 4.04. The number of hydrogen-bond donors (Lipinski definition) is 1. The normalized spacial score (nSPS) is 11.2. The van der Waals surface area contributed by atoms with E-state index in [0.29, 0.717) is 11.8 Å². The molecule has 2 heterocycles. The monoisotopic (exact) mass is 298 g/mol. The third kappa shape index (κ3) is 3.28. The topological polar surface area (TPSA) is 72.3 Å². The van der Waals surface area contributed by atoms with Crippen molar-refractivity contribution in [3.05, 3.63) is 47.4 Å². The van der Waals surface area contributed by atoms with Gasteiger partial charge in [0.15, 0.2) is 5.75 Å². The van der Waals surface area contributed by atoms with E-state index in [0.717, 1.165) is 6.07 Å². The molecule has 2 rings (SSSR count). The Morgan fingerprint density at radius 2 is 2.00 bits per heavy atom. The minimum atomic E-state index is -4.70. The fraction of sp³-hybridized carbons (Fsp3) is 0.154. The summed E-state index contributed by atoms with van der Waals surface area (Å²) >= 11 is 0. The van der Waals surface area contributed by atoms with Gasteiger partial charge in [-0.2, -0.15) is 13.2 Å². The van der Waals surface area contributed by atoms with Gasteiger partial charge in [-0.1, -0.05) is 0 Å². The van der Waals surface area contributed by atoms with Crippen molar-refractivity contribution in [1.29, 1.82) is 0 Å². The van der Waals surface area contributed by atoms with Gasteiger partial charge in [0.2, 0.25) is 5.88 Å². The zero-order valence-corrected chi connectivity index (χ0v) is 10.7. The zero-order valence-electron chi connectivity index (χ0n) is 10.7. The minimum Gasteiger partial charge on any atom is -0.477 e. The SMILES string of the molecule is Cc1ncccc1Oc1nc(C(F)(F)F)ccc1C(=O)O. The number of carboxylic acids is 1. The molecule has 0 saturated heterocycles. The van der Waals surface area contributed by atoms with Crippen LogP contribution in [0.5, 0.6) is 11.6 Å². The van der Waals surface area contributed by atoms with Crippen molar-refractivity contribution < 1.29 is 27.8 Å². The number of aromatic carboxylic acids is 1. The van der Waals surface area contributed by atoms with E-state index in [9.17, 15) is 18.0 Å². The molecule has 8 heteroatoms. The van der Waals surface area contributed by atoms with Crippen LogP contribution in [0.4, 0.5) is 13.2 Å². The zero-order chi connectivity index (χ0) is 15.6. The van der Waals surface area contributed by atoms with Gasteiger partial charge in [-0.15, -0.1) is 0 Å². The van der Waals surface area contributed by atoms with Gasteiger partial charge in [0.1, 0.15) is 11.3 Å². The average molecular weight is 298 g/mol. The summed E-state index contributed by atoms with van der Waals surface area (Å²) in [4.78, 5) is 18.2. The molecule has 2 aromatic rings. The Bertz CT molecular complexity index is 687. The largest absolute Gasteiger partial charge is 0.477 e. The molecule has 0 aromatic carbocycles. The maximum Gasteiger partial charge on any atom is 0.433 e. The lowest BCUT2D eigenvalue weighted by atomic mass is 10.2. The second kappa shape index (κ2) is 5.39. The average Bonchev–Trinajstić information content (AvgIpc) is 2.40. The molecule has 0 aliphatic carbocycles. The van der Waals surface area contributed by atoms with Crippen molar-refractivity contribution in [2.75, 3.05) is 0 Å². The number of aromatic nitrogens is 2. The first-order chi connectivity index (χ1) is 9.79. The van der Waals surface area contributed by atoms with Crippen molar-refractivity contribution in [3.63, 3.8) is 0 Å². The first-order valence-corrected chi connectivity index (χ1v) is 5.70. The van der Waals surface area contributed by atoms with E-state index in [4.69, 9.17) is 9.84 Å². The third-order valence-corrected chi connectivity index (χ3v) is 2.55. The lowest BCUT2D eigenvalue weighted by Gasteiger charge is -2.12. The van der Waals surface area contributed by atoms with Crippen molar-refractivity contribution in [2.45, 2.75) is 13.1 Å². The quantitative estimate of drug-likeness (QED) is 0.941. The van der Waals surface area contributed by atoms with E-state index in [-0.39, 0.29) is 5.75 Å². The Morgan fingerprint density at radius 3 is 2.57 bits per heavy atom. The lowest BCUT2D eigenvalue weighted by molar-refractivity contribution is -0.141. The van der Waals surface area contributed by atoms with Gasteiger partial charge in [-0.3, -0.25) is 4.98 Å². The Morgan fingerprint density at radius 1 is 1.29 bits per heavy atom. The summed E-state index contributed by atoms with van der Waals surface area (Å²) in [6, 6.07) is 4.36. The van der Waals surface area contributed by atoms with Gasteiger partial charge in [0.05, 0.1) is 5.69 Å². The summed E-state index contributed by atoms with van der Waals surface area (Å²) in [6.45, 7) is 1.57. The molecule has 21 heavy (non-hydrogen) atoms. The van der Waals surface area contributed by atoms with E-state index in [2.05, 4.69) is 9.97 Å². The standard InChI is InChI=1S/C13H9F3N2O3/c1-7-9(3-2-6-17-7)21-11-8(12(19)20)4-5-10(18-11)13(14,15)16/h2-6H,1H3,(H,19,20). The van der Waals surface area contributed by atoms with Crippen LogP contribution in [0.25, 0.3) is 0 Å². The van der Waals surface area contributed by atoms with Crippen LogP contribution in [-0.2, 0) is 6.18 Å². The maximum absolute atomic E-state index is 12.6. The van der Waals surface area contributed by atoms with Gasteiger partial charge in [0.25, 0.3) is 0 Å². The molecular weight excluding hydrogens is 289 g/mol. The van der Waals surface area contributed by atoms with Crippen molar-refractivity contribution in [1.82, 2.24) is 9.97 Å². The van der Waals surface area contributed by atoms with Gasteiger partial charge >= 0.3 is 12.1 Å². The molecule has 0 fully saturated rings. The Balaban J connectivity index is 2.49. The van der Waals surface area contributed by atoms with E-state index in [1.165, 1.54) is 18.3 Å². The highest BCUT2D eigenvalue weighted by molar-refractivity contribution is 5.90. The number of nitrogens with zero attached hydrogens (tertiary/aromatic N) is 2. The molecule has 0 aliphatic rings. The van der Waals surface area contributed by atoms with Crippen LogP contribution in [-0.4, -0.2) is 21.0 Å². The number of halogens is 3. The fourth-order valence-electron chi connectivity index (χ4n) is 1.52. The van der Waals surface area contributed by atoms with Crippen LogP contribution in [0.2, 0.25) is 0 Å². The minimum absolute atomic E-state index is 0.131. The molecular formula is C13H9F3N2O3. The molecule has 0 bridgehead atoms. The number of pyridine rings is 2. The smallest absolute Gasteiger partial charge is 0.433 e. The molecule has 0 atom stereocenters. The summed E-state index contributed by atoms with van der Waals surface area (Å²) in [7, 11) is 0. The van der Waals surface area contributed by atoms with Crippen LogP contribution in [0, 0.1) is 6.92 Å². The highest BCUT2D eigenvalue weighted by atomic mass is 19.4. The predicted octanol–water partition coefficient (Wildman–Crippen LogP) is 3.29. The molecule has 110 valence electrons. The van der Waals surface area contributed by atoms with E-state index >= 15 is 0 Å². The number of ether oxygens (including phenoxy) is 1. The summed E-state index contributed by atoms with van der Waals surface area (Å²) in [5.41, 5.74) is -1.30. The summed E-state index contributed by atoms with van der Waals surface area (Å²) in [5.74, 6) is -1.94. The molecule has 0 saturated carbocycles. The molecule has 0 spiro atoms. The molecule has 2 aromatic heterocycles. The fourth-order valence-corrected chi connectivity index (χ4v) is 1.52. The molecule has 0 amide bonds. The van der Waals surface area contributed by atoms with E-state index in [1.807, 2.05) is 0 Å². The predicted molar refractivity (Wildman–Crippen MR) is 65.2 cm³/mol. The van der Waals surface area contributed by atoms with Gasteiger partial charge in [0, 0.05) is 6.20 Å². The molecule has 0 radical (unpaired) electrons. The number of hydrogen-bond acceptors (Lipinski definition) is 4. The maximum atomic E-state index is 12.6. The van der Waals surface area contributed by atoms with Crippen LogP contribution in [0.15, 0.2) is 30.5 Å². The van der Waals surface area contributed by atoms with Gasteiger partial charge in [-0.25, -0.2) is 9.78 Å². The Hall–Kier alpha value is -2.64. The van der Waals surface area contributed by atoms with Gasteiger partial charge < -0.3 is 9.84 Å². The van der Waals surface area contributed by atoms with Crippen molar-refractivity contribution in [3.8, 4) is 11.6 Å². The van der Waals surface area contributed by atoms with Crippen LogP contribution in [0.3, 0.4) is 0 Å². The Kier molecular flexibility index (Phi) is 3.79. The summed E-state index contributed by atoms with van der Waals surface area (Å²) in [5, 5.41) is 8.99. The Labute approximate surface area is 117 Å². The summed E-state index contributed by atoms with van der Waals surface area (Å²) in [6.07, 6.45) is -3.22. The van der Waals surface area contributed by atoms with Crippen LogP contribution in [0.1, 0.15) is 21.7 Å². The number of rotatable bonds is 3. The first-order valence-electron chi connectivity index (χ1n) is 5.70. The first kappa shape index (κ1) is 14.8. The van der Waals surface area contributed by atoms with E-state index in [1.54, 1.807) is 6.92 Å². The number of aryl methyl sites for hydroxylation is 1. The highest BCUT2D eigenvalue weighted by Gasteiger charge is 2.34. The number of carbonyl (C=O) groups is 1. The van der Waals surface area contributed by atoms with Crippen molar-refractivity contribution >= 4 is 5.97 Å². The van der Waals surface area contributed by atoms with Crippen LogP contribution < -0.4 is 4.74 Å². The highest BCUT2D eigenvalue weighted by Crippen LogP contribution is 2.32. The lowest BCUT2D eigenvalue weighted by Crippen LogP contribution is -2.11. The molecule has 5 nitrogen and oxygen atoms in total. The third-order valence-electron chi connectivity index (χ3n) is 2.55. The van der Waals surface area contributed by atoms with E-state index < -0.39 is 29.3 Å².